The summed E-state index contributed by atoms with van der Waals surface area (Å²) in [4.78, 5) is 29.0. The molecule has 0 N–H and O–H groups in total. The molecule has 0 atom stereocenters. The van der Waals surface area contributed by atoms with Crippen LogP contribution in [-0.4, -0.2) is 53.6 Å². The van der Waals surface area contributed by atoms with Crippen LogP contribution in [0.5, 0.6) is 5.75 Å². The van der Waals surface area contributed by atoms with Gasteiger partial charge in [0.15, 0.2) is 0 Å². The van der Waals surface area contributed by atoms with Crippen LogP contribution in [0.3, 0.4) is 0 Å². The average Bonchev–Trinajstić information content (AvgIpc) is 2.87. The first-order chi connectivity index (χ1) is 17.2. The van der Waals surface area contributed by atoms with Gasteiger partial charge in [0.2, 0.25) is 5.91 Å². The Labute approximate surface area is 213 Å². The van der Waals surface area contributed by atoms with Crippen LogP contribution in [0.4, 0.5) is 9.18 Å². The van der Waals surface area contributed by atoms with Crippen LogP contribution < -0.4 is 4.74 Å². The molecular formula is C29H37FN2O4. The first kappa shape index (κ1) is 26.0. The minimum atomic E-state index is -0.525. The summed E-state index contributed by atoms with van der Waals surface area (Å²) in [7, 11) is 0. The summed E-state index contributed by atoms with van der Waals surface area (Å²) >= 11 is 0. The number of amides is 2. The van der Waals surface area contributed by atoms with E-state index in [0.717, 1.165) is 18.4 Å². The maximum Gasteiger partial charge on any atom is 0.410 e. The van der Waals surface area contributed by atoms with E-state index in [-0.39, 0.29) is 29.7 Å². The summed E-state index contributed by atoms with van der Waals surface area (Å²) < 4.78 is 26.1. The fourth-order valence-electron chi connectivity index (χ4n) is 4.97. The predicted octanol–water partition coefficient (Wildman–Crippen LogP) is 5.76. The van der Waals surface area contributed by atoms with E-state index in [1.807, 2.05) is 68.1 Å². The summed E-state index contributed by atoms with van der Waals surface area (Å²) in [5.41, 5.74) is 1.21. The van der Waals surface area contributed by atoms with Gasteiger partial charge in [0, 0.05) is 38.2 Å². The number of rotatable bonds is 5. The van der Waals surface area contributed by atoms with Gasteiger partial charge in [-0.15, -0.1) is 0 Å². The monoisotopic (exact) mass is 496 g/mol. The number of ether oxygens (including phenoxy) is 2. The van der Waals surface area contributed by atoms with Gasteiger partial charge < -0.3 is 19.3 Å². The molecule has 36 heavy (non-hydrogen) atoms. The molecule has 2 aliphatic rings. The maximum absolute atomic E-state index is 14.9. The van der Waals surface area contributed by atoms with Crippen LogP contribution in [0.15, 0.2) is 48.5 Å². The Hall–Kier alpha value is -3.09. The molecule has 0 unspecified atom stereocenters. The summed E-state index contributed by atoms with van der Waals surface area (Å²) in [6, 6.07) is 14.9. The Balaban J connectivity index is 1.24. The van der Waals surface area contributed by atoms with E-state index in [4.69, 9.17) is 9.47 Å². The fourth-order valence-corrected chi connectivity index (χ4v) is 4.97. The molecule has 0 spiro atoms. The third-order valence-electron chi connectivity index (χ3n) is 6.96. The highest BCUT2D eigenvalue weighted by atomic mass is 19.1. The van der Waals surface area contributed by atoms with Crippen molar-refractivity contribution in [1.82, 2.24) is 9.80 Å². The van der Waals surface area contributed by atoms with Crippen LogP contribution >= 0.6 is 0 Å². The van der Waals surface area contributed by atoms with Gasteiger partial charge in [0.25, 0.3) is 0 Å². The zero-order valence-corrected chi connectivity index (χ0v) is 21.5. The normalized spacial score (nSPS) is 17.7. The second-order valence-electron chi connectivity index (χ2n) is 10.8. The molecule has 0 aromatic heterocycles. The van der Waals surface area contributed by atoms with Gasteiger partial charge in [-0.05, 0) is 69.6 Å². The number of carbonyl (C=O) groups is 2. The molecule has 194 valence electrons. The first-order valence-electron chi connectivity index (χ1n) is 12.9. The van der Waals surface area contributed by atoms with E-state index < -0.39 is 5.60 Å². The predicted molar refractivity (Wildman–Crippen MR) is 136 cm³/mol. The topological polar surface area (TPSA) is 59.1 Å². The Morgan fingerprint density at radius 2 is 1.56 bits per heavy atom. The van der Waals surface area contributed by atoms with Gasteiger partial charge in [0.1, 0.15) is 23.8 Å². The molecule has 2 aliphatic heterocycles. The van der Waals surface area contributed by atoms with Crippen molar-refractivity contribution in [1.29, 1.82) is 0 Å². The quantitative estimate of drug-likeness (QED) is 0.528. The molecule has 0 bridgehead atoms. The summed E-state index contributed by atoms with van der Waals surface area (Å²) in [6.45, 7) is 8.28. The molecule has 0 radical (unpaired) electrons. The third-order valence-corrected chi connectivity index (χ3v) is 6.96. The van der Waals surface area contributed by atoms with Gasteiger partial charge in [-0.3, -0.25) is 4.79 Å². The molecule has 4 rings (SSSR count). The summed E-state index contributed by atoms with van der Waals surface area (Å²) in [5.74, 6) is 0.442. The van der Waals surface area contributed by atoms with E-state index in [2.05, 4.69) is 0 Å². The highest BCUT2D eigenvalue weighted by Crippen LogP contribution is 2.33. The number of piperidine rings is 2. The van der Waals surface area contributed by atoms with Crippen LogP contribution in [0, 0.1) is 11.7 Å². The summed E-state index contributed by atoms with van der Waals surface area (Å²) in [6.07, 6.45) is 2.47. The number of hydrogen-bond donors (Lipinski definition) is 0. The number of hydrogen-bond acceptors (Lipinski definition) is 4. The lowest BCUT2D eigenvalue weighted by atomic mass is 9.87. The lowest BCUT2D eigenvalue weighted by Crippen LogP contribution is -2.47. The SMILES string of the molecule is CC(C)(C)OC(=O)N1CCC(C(=O)N2CCC(c3ccc(OCc4ccccc4)cc3F)CC2)CC1. The molecule has 0 aliphatic carbocycles. The van der Waals surface area contributed by atoms with Crippen molar-refractivity contribution in [3.05, 3.63) is 65.5 Å². The van der Waals surface area contributed by atoms with Crippen LogP contribution in [0.2, 0.25) is 0 Å². The first-order valence-corrected chi connectivity index (χ1v) is 12.9. The largest absolute Gasteiger partial charge is 0.489 e. The third kappa shape index (κ3) is 6.77. The zero-order valence-electron chi connectivity index (χ0n) is 21.5. The van der Waals surface area contributed by atoms with E-state index in [1.165, 1.54) is 6.07 Å². The van der Waals surface area contributed by atoms with Gasteiger partial charge in [-0.1, -0.05) is 36.4 Å². The van der Waals surface area contributed by atoms with Gasteiger partial charge in [-0.25, -0.2) is 9.18 Å². The zero-order chi connectivity index (χ0) is 25.7. The lowest BCUT2D eigenvalue weighted by molar-refractivity contribution is -0.138. The number of carbonyl (C=O) groups excluding carboxylic acids is 2. The molecule has 6 nitrogen and oxygen atoms in total. The minimum absolute atomic E-state index is 0.0713. The Bertz CT molecular complexity index is 1040. The molecule has 2 aromatic carbocycles. The van der Waals surface area contributed by atoms with E-state index in [1.54, 1.807) is 4.90 Å². The molecule has 2 amide bonds. The fraction of sp³-hybridized carbons (Fsp3) is 0.517. The molecule has 2 aromatic rings. The maximum atomic E-state index is 14.9. The average molecular weight is 497 g/mol. The molecule has 0 saturated carbocycles. The second kappa shape index (κ2) is 11.3. The standard InChI is InChI=1S/C29H37FN2O4/c1-29(2,3)36-28(34)32-17-13-23(14-18-32)27(33)31-15-11-22(12-16-31)25-10-9-24(19-26(25)30)35-20-21-7-5-4-6-8-21/h4-10,19,22-23H,11-18,20H2,1-3H3. The molecule has 2 saturated heterocycles. The van der Waals surface area contributed by atoms with Crippen molar-refractivity contribution in [2.45, 2.75) is 64.6 Å². The van der Waals surface area contributed by atoms with Gasteiger partial charge in [0.05, 0.1) is 0 Å². The van der Waals surface area contributed by atoms with Crippen LogP contribution in [-0.2, 0) is 16.1 Å². The van der Waals surface area contributed by atoms with Crippen molar-refractivity contribution in [3.8, 4) is 5.75 Å². The van der Waals surface area contributed by atoms with Gasteiger partial charge >= 0.3 is 6.09 Å². The van der Waals surface area contributed by atoms with Crippen molar-refractivity contribution in [2.75, 3.05) is 26.2 Å². The molecule has 7 heteroatoms. The van der Waals surface area contributed by atoms with Crippen molar-refractivity contribution < 1.29 is 23.5 Å². The van der Waals surface area contributed by atoms with Gasteiger partial charge in [-0.2, -0.15) is 0 Å². The van der Waals surface area contributed by atoms with Crippen LogP contribution in [0.1, 0.15) is 63.5 Å². The lowest BCUT2D eigenvalue weighted by Gasteiger charge is -2.37. The minimum Gasteiger partial charge on any atom is -0.489 e. The highest BCUT2D eigenvalue weighted by molar-refractivity contribution is 5.79. The van der Waals surface area contributed by atoms with Crippen LogP contribution in [0.25, 0.3) is 0 Å². The molecule has 2 heterocycles. The summed E-state index contributed by atoms with van der Waals surface area (Å²) in [5, 5.41) is 0. The second-order valence-corrected chi connectivity index (χ2v) is 10.8. The van der Waals surface area contributed by atoms with E-state index in [0.29, 0.717) is 56.9 Å². The number of nitrogens with zero attached hydrogens (tertiary/aromatic N) is 2. The van der Waals surface area contributed by atoms with Crippen molar-refractivity contribution in [2.24, 2.45) is 5.92 Å². The smallest absolute Gasteiger partial charge is 0.410 e. The highest BCUT2D eigenvalue weighted by Gasteiger charge is 2.34. The van der Waals surface area contributed by atoms with E-state index >= 15 is 0 Å². The van der Waals surface area contributed by atoms with Crippen molar-refractivity contribution >= 4 is 12.0 Å². The Morgan fingerprint density at radius 3 is 2.17 bits per heavy atom. The Kier molecular flexibility index (Phi) is 8.17. The van der Waals surface area contributed by atoms with E-state index in [9.17, 15) is 14.0 Å². The number of halogens is 1. The number of benzene rings is 2. The van der Waals surface area contributed by atoms with Crippen molar-refractivity contribution in [3.63, 3.8) is 0 Å². The number of likely N-dealkylation sites (tertiary alicyclic amines) is 2. The molecular weight excluding hydrogens is 459 g/mol. The molecule has 2 fully saturated rings. The Morgan fingerprint density at radius 1 is 0.917 bits per heavy atom.